The van der Waals surface area contributed by atoms with Gasteiger partial charge in [-0.15, -0.1) is 0 Å². The lowest BCUT2D eigenvalue weighted by molar-refractivity contribution is -0.127. The maximum Gasteiger partial charge on any atom is 0.156 e. The molecule has 5 atom stereocenters. The number of hydrogen-bond acceptors (Lipinski definition) is 4. The van der Waals surface area contributed by atoms with Gasteiger partial charge in [0.25, 0.3) is 0 Å². The standard InChI is InChI=1S/C15H24O4/c1-9(7-16)10-4-13-11(8-17)3-12(18)6-15(13,2)14(19)5-10/h3,9-10,13-14,16-17,19H,4-8H2,1-2H3/t9?,10-,13+,14-,15-/m0/s1. The van der Waals surface area contributed by atoms with Gasteiger partial charge in [0, 0.05) is 18.4 Å². The zero-order valence-electron chi connectivity index (χ0n) is 11.7. The van der Waals surface area contributed by atoms with E-state index in [1.807, 2.05) is 13.8 Å². The third kappa shape index (κ3) is 2.49. The fourth-order valence-corrected chi connectivity index (χ4v) is 3.78. The Hall–Kier alpha value is -0.710. The zero-order valence-corrected chi connectivity index (χ0v) is 11.7. The van der Waals surface area contributed by atoms with Crippen LogP contribution in [0.15, 0.2) is 11.6 Å². The predicted molar refractivity (Wildman–Crippen MR) is 71.4 cm³/mol. The summed E-state index contributed by atoms with van der Waals surface area (Å²) in [5, 5.41) is 29.2. The van der Waals surface area contributed by atoms with Crippen molar-refractivity contribution in [3.63, 3.8) is 0 Å². The van der Waals surface area contributed by atoms with Crippen LogP contribution < -0.4 is 0 Å². The van der Waals surface area contributed by atoms with Crippen LogP contribution in [0.4, 0.5) is 0 Å². The summed E-state index contributed by atoms with van der Waals surface area (Å²) in [5.41, 5.74) is 0.280. The molecular weight excluding hydrogens is 244 g/mol. The Labute approximate surface area is 114 Å². The molecule has 4 heteroatoms. The Kier molecular flexibility index (Phi) is 4.14. The first-order chi connectivity index (χ1) is 8.92. The first-order valence-electron chi connectivity index (χ1n) is 7.05. The quantitative estimate of drug-likeness (QED) is 0.710. The minimum Gasteiger partial charge on any atom is -0.396 e. The van der Waals surface area contributed by atoms with E-state index >= 15 is 0 Å². The summed E-state index contributed by atoms with van der Waals surface area (Å²) in [6.07, 6.45) is 2.80. The van der Waals surface area contributed by atoms with Gasteiger partial charge in [-0.2, -0.15) is 0 Å². The van der Waals surface area contributed by atoms with E-state index in [0.717, 1.165) is 12.0 Å². The van der Waals surface area contributed by atoms with E-state index in [0.29, 0.717) is 12.8 Å². The van der Waals surface area contributed by atoms with E-state index in [2.05, 4.69) is 0 Å². The summed E-state index contributed by atoms with van der Waals surface area (Å²) in [6, 6.07) is 0. The van der Waals surface area contributed by atoms with Crippen molar-refractivity contribution in [2.24, 2.45) is 23.2 Å². The first kappa shape index (κ1) is 14.7. The maximum atomic E-state index is 11.8. The monoisotopic (exact) mass is 268 g/mol. The van der Waals surface area contributed by atoms with E-state index in [1.54, 1.807) is 6.08 Å². The molecular formula is C15H24O4. The molecule has 108 valence electrons. The zero-order chi connectivity index (χ0) is 14.2. The Morgan fingerprint density at radius 1 is 1.42 bits per heavy atom. The fourth-order valence-electron chi connectivity index (χ4n) is 3.78. The van der Waals surface area contributed by atoms with Crippen LogP contribution in [-0.2, 0) is 4.79 Å². The molecule has 0 aromatic rings. The number of aliphatic hydroxyl groups is 3. The molecule has 0 bridgehead atoms. The smallest absolute Gasteiger partial charge is 0.156 e. The van der Waals surface area contributed by atoms with Crippen LogP contribution in [0.1, 0.15) is 33.1 Å². The van der Waals surface area contributed by atoms with Gasteiger partial charge in [-0.25, -0.2) is 0 Å². The van der Waals surface area contributed by atoms with E-state index < -0.39 is 11.5 Å². The third-order valence-electron chi connectivity index (χ3n) is 5.25. The fraction of sp³-hybridized carbons (Fsp3) is 0.800. The number of aliphatic hydroxyl groups excluding tert-OH is 3. The molecule has 0 aliphatic heterocycles. The largest absolute Gasteiger partial charge is 0.396 e. The van der Waals surface area contributed by atoms with Gasteiger partial charge in [0.15, 0.2) is 5.78 Å². The topological polar surface area (TPSA) is 77.8 Å². The molecule has 1 unspecified atom stereocenters. The molecule has 0 aromatic heterocycles. The summed E-state index contributed by atoms with van der Waals surface area (Å²) in [5.74, 6) is 0.409. The number of fused-ring (bicyclic) bond motifs is 1. The van der Waals surface area contributed by atoms with Crippen molar-refractivity contribution in [3.8, 4) is 0 Å². The van der Waals surface area contributed by atoms with Crippen LogP contribution in [0.5, 0.6) is 0 Å². The minimum atomic E-state index is -0.551. The molecule has 19 heavy (non-hydrogen) atoms. The van der Waals surface area contributed by atoms with Crippen molar-refractivity contribution in [1.29, 1.82) is 0 Å². The number of rotatable bonds is 3. The van der Waals surface area contributed by atoms with E-state index in [1.165, 1.54) is 0 Å². The molecule has 2 aliphatic rings. The lowest BCUT2D eigenvalue weighted by atomic mass is 9.55. The molecule has 0 saturated heterocycles. The molecule has 1 fully saturated rings. The average Bonchev–Trinajstić information content (AvgIpc) is 2.38. The van der Waals surface area contributed by atoms with Crippen LogP contribution in [0, 0.1) is 23.2 Å². The molecule has 0 spiro atoms. The number of allylic oxidation sites excluding steroid dienone is 1. The van der Waals surface area contributed by atoms with E-state index in [-0.39, 0.29) is 36.8 Å². The van der Waals surface area contributed by atoms with Crippen LogP contribution in [0.2, 0.25) is 0 Å². The van der Waals surface area contributed by atoms with E-state index in [4.69, 9.17) is 0 Å². The molecule has 1 saturated carbocycles. The third-order valence-corrected chi connectivity index (χ3v) is 5.25. The normalized spacial score (nSPS) is 40.6. The predicted octanol–water partition coefficient (Wildman–Crippen LogP) is 0.900. The average molecular weight is 268 g/mol. The summed E-state index contributed by atoms with van der Waals surface area (Å²) >= 11 is 0. The lowest BCUT2D eigenvalue weighted by Crippen LogP contribution is -2.50. The SMILES string of the molecule is CC(CO)[C@H]1C[C@@H]2C(CO)=CC(=O)C[C@]2(C)[C@@H](O)C1. The number of carbonyl (C=O) groups is 1. The van der Waals surface area contributed by atoms with Gasteiger partial charge < -0.3 is 15.3 Å². The second-order valence-electron chi connectivity index (χ2n) is 6.49. The molecule has 0 aromatic carbocycles. The highest BCUT2D eigenvalue weighted by Crippen LogP contribution is 2.52. The van der Waals surface area contributed by atoms with E-state index in [9.17, 15) is 20.1 Å². The van der Waals surface area contributed by atoms with Crippen molar-refractivity contribution >= 4 is 5.78 Å². The highest BCUT2D eigenvalue weighted by atomic mass is 16.3. The van der Waals surface area contributed by atoms with Gasteiger partial charge in [-0.05, 0) is 42.2 Å². The Balaban J connectivity index is 2.30. The van der Waals surface area contributed by atoms with Gasteiger partial charge in [0.1, 0.15) is 0 Å². The lowest BCUT2D eigenvalue weighted by Gasteiger charge is -2.51. The van der Waals surface area contributed by atoms with Gasteiger partial charge in [-0.3, -0.25) is 4.79 Å². The molecule has 0 amide bonds. The maximum absolute atomic E-state index is 11.8. The van der Waals surface area contributed by atoms with Crippen LogP contribution in [0.25, 0.3) is 0 Å². The van der Waals surface area contributed by atoms with Crippen molar-refractivity contribution < 1.29 is 20.1 Å². The number of ketones is 1. The molecule has 0 radical (unpaired) electrons. The van der Waals surface area contributed by atoms with Crippen LogP contribution >= 0.6 is 0 Å². The van der Waals surface area contributed by atoms with Gasteiger partial charge in [0.05, 0.1) is 12.7 Å². The van der Waals surface area contributed by atoms with Gasteiger partial charge in [-0.1, -0.05) is 13.8 Å². The highest BCUT2D eigenvalue weighted by Gasteiger charge is 2.50. The summed E-state index contributed by atoms with van der Waals surface area (Å²) in [7, 11) is 0. The summed E-state index contributed by atoms with van der Waals surface area (Å²) in [4.78, 5) is 11.8. The molecule has 4 nitrogen and oxygen atoms in total. The Bertz CT molecular complexity index is 390. The summed E-state index contributed by atoms with van der Waals surface area (Å²) < 4.78 is 0. The van der Waals surface area contributed by atoms with Crippen molar-refractivity contribution in [3.05, 3.63) is 11.6 Å². The van der Waals surface area contributed by atoms with Crippen molar-refractivity contribution in [1.82, 2.24) is 0 Å². The number of hydrogen-bond donors (Lipinski definition) is 3. The molecule has 2 aliphatic carbocycles. The second kappa shape index (κ2) is 5.35. The first-order valence-corrected chi connectivity index (χ1v) is 7.05. The van der Waals surface area contributed by atoms with Crippen molar-refractivity contribution in [2.75, 3.05) is 13.2 Å². The molecule has 3 N–H and O–H groups in total. The Morgan fingerprint density at radius 2 is 2.11 bits per heavy atom. The van der Waals surface area contributed by atoms with Crippen LogP contribution in [-0.4, -0.2) is 40.4 Å². The summed E-state index contributed by atoms with van der Waals surface area (Å²) in [6.45, 7) is 3.91. The van der Waals surface area contributed by atoms with Crippen LogP contribution in [0.3, 0.4) is 0 Å². The number of carbonyl (C=O) groups excluding carboxylic acids is 1. The van der Waals surface area contributed by atoms with Crippen molar-refractivity contribution in [2.45, 2.75) is 39.2 Å². The second-order valence-corrected chi connectivity index (χ2v) is 6.49. The Morgan fingerprint density at radius 3 is 2.68 bits per heavy atom. The highest BCUT2D eigenvalue weighted by molar-refractivity contribution is 5.92. The van der Waals surface area contributed by atoms with Gasteiger partial charge in [0.2, 0.25) is 0 Å². The minimum absolute atomic E-state index is 0.00416. The van der Waals surface area contributed by atoms with Gasteiger partial charge >= 0.3 is 0 Å². The molecule has 2 rings (SSSR count). The molecule has 0 heterocycles.